The van der Waals surface area contributed by atoms with E-state index in [9.17, 15) is 0 Å². The minimum absolute atomic E-state index is 0. The van der Waals surface area contributed by atoms with Gasteiger partial charge in [-0.05, 0) is 0 Å². The molecular weight excluding hydrogens is 540 g/mol. The first-order chi connectivity index (χ1) is 11.8. The normalized spacial score (nSPS) is 7.69. The quantitative estimate of drug-likeness (QED) is 0.227. The zero-order valence-electron chi connectivity index (χ0n) is 14.0. The van der Waals surface area contributed by atoms with Crippen molar-refractivity contribution in [1.82, 2.24) is 0 Å². The summed E-state index contributed by atoms with van der Waals surface area (Å²) in [6, 6.07) is 40.1. The van der Waals surface area contributed by atoms with Crippen LogP contribution in [0.2, 0.25) is 0 Å². The number of hydrogen-bond donors (Lipinski definition) is 0. The van der Waals surface area contributed by atoms with Crippen LogP contribution in [0, 0.1) is 0 Å². The molecule has 4 heteroatoms. The van der Waals surface area contributed by atoms with Gasteiger partial charge in [-0.25, -0.2) is 12.1 Å². The second kappa shape index (κ2) is 20.5. The molecule has 0 spiro atoms. The first kappa shape index (κ1) is 27.4. The maximum absolute atomic E-state index is 2.90. The van der Waals surface area contributed by atoms with Crippen LogP contribution in [0.1, 0.15) is 0 Å². The molecular formula is C22H20Co2Se2-6. The van der Waals surface area contributed by atoms with Gasteiger partial charge in [0.05, 0.1) is 0 Å². The van der Waals surface area contributed by atoms with Gasteiger partial charge in [-0.2, -0.15) is 18.2 Å². The Hall–Kier alpha value is -0.808. The van der Waals surface area contributed by atoms with Gasteiger partial charge < -0.3 is 30.3 Å². The van der Waals surface area contributed by atoms with E-state index in [-0.39, 0.29) is 33.6 Å². The Morgan fingerprint density at radius 3 is 0.923 bits per heavy atom. The fourth-order valence-electron chi connectivity index (χ4n) is 1.48. The van der Waals surface area contributed by atoms with Crippen LogP contribution in [0.25, 0.3) is 0 Å². The van der Waals surface area contributed by atoms with Crippen molar-refractivity contribution in [2.75, 3.05) is 0 Å². The van der Waals surface area contributed by atoms with Gasteiger partial charge in [0.1, 0.15) is 0 Å². The molecule has 4 aromatic rings. The van der Waals surface area contributed by atoms with Gasteiger partial charge in [-0.15, -0.1) is 0 Å². The molecule has 144 valence electrons. The fraction of sp³-hybridized carbons (Fsp3) is 0. The van der Waals surface area contributed by atoms with Crippen LogP contribution < -0.4 is 8.92 Å². The van der Waals surface area contributed by atoms with Crippen LogP contribution in [0.5, 0.6) is 0 Å². The topological polar surface area (TPSA) is 0 Å². The van der Waals surface area contributed by atoms with Crippen LogP contribution in [-0.2, 0) is 33.6 Å². The molecule has 4 rings (SSSR count). The van der Waals surface area contributed by atoms with Crippen molar-refractivity contribution in [2.45, 2.75) is 0 Å². The van der Waals surface area contributed by atoms with E-state index in [0.717, 1.165) is 0 Å². The average Bonchev–Trinajstić information content (AvgIpc) is 3.36. The van der Waals surface area contributed by atoms with Crippen LogP contribution >= 0.6 is 0 Å². The summed E-state index contributed by atoms with van der Waals surface area (Å²) in [6.45, 7) is 0. The predicted molar refractivity (Wildman–Crippen MR) is 108 cm³/mol. The van der Waals surface area contributed by atoms with Crippen molar-refractivity contribution >= 4 is 40.9 Å². The van der Waals surface area contributed by atoms with E-state index in [1.54, 1.807) is 0 Å². The first-order valence-electron chi connectivity index (χ1n) is 7.56. The Balaban J connectivity index is 0. The van der Waals surface area contributed by atoms with Gasteiger partial charge >= 0.3 is 102 Å². The first-order valence-corrected chi connectivity index (χ1v) is 9.28. The van der Waals surface area contributed by atoms with Crippen molar-refractivity contribution in [3.63, 3.8) is 0 Å². The van der Waals surface area contributed by atoms with E-state index >= 15 is 0 Å². The molecule has 0 saturated carbocycles. The van der Waals surface area contributed by atoms with E-state index in [2.05, 4.69) is 32.0 Å². The molecule has 0 atom stereocenters. The van der Waals surface area contributed by atoms with Crippen LogP contribution in [0.4, 0.5) is 0 Å². The third kappa shape index (κ3) is 18.0. The van der Waals surface area contributed by atoms with Crippen molar-refractivity contribution < 1.29 is 33.6 Å². The second-order valence-corrected chi connectivity index (χ2v) is 6.53. The molecule has 0 aliphatic carbocycles. The minimum Gasteiger partial charge on any atom is -0.748 e. The molecule has 4 aromatic carbocycles. The van der Waals surface area contributed by atoms with E-state index in [1.807, 2.05) is 121 Å². The van der Waals surface area contributed by atoms with Crippen LogP contribution in [-0.4, -0.2) is 32.0 Å². The predicted octanol–water partition coefficient (Wildman–Crippen LogP) is 3.77. The Morgan fingerprint density at radius 2 is 0.769 bits per heavy atom. The fourth-order valence-corrected chi connectivity index (χ4v) is 2.14. The van der Waals surface area contributed by atoms with Gasteiger partial charge in [-0.3, -0.25) is 0 Å². The molecule has 4 radical (unpaired) electrons. The SMILES string of the molecule is [Co].[Co].[Se]c1ccccc1.[Se]c1ccccc1.[cH-]1[cH-][cH-][cH-][cH-]1.c1cc[cH-]c1. The maximum Gasteiger partial charge on any atom is -0.172 e. The molecule has 0 saturated heterocycles. The van der Waals surface area contributed by atoms with Crippen LogP contribution in [0.15, 0.2) is 121 Å². The molecule has 0 N–H and O–H groups in total. The average molecular weight is 560 g/mol. The molecule has 0 aliphatic rings. The molecule has 0 bridgehead atoms. The van der Waals surface area contributed by atoms with Crippen molar-refractivity contribution in [2.24, 2.45) is 0 Å². The summed E-state index contributed by atoms with van der Waals surface area (Å²) in [6.07, 6.45) is 0. The molecule has 0 unspecified atom stereocenters. The van der Waals surface area contributed by atoms with E-state index in [1.165, 1.54) is 8.92 Å². The third-order valence-corrected chi connectivity index (χ3v) is 3.74. The smallest absolute Gasteiger partial charge is 0.172 e. The molecule has 0 nitrogen and oxygen atoms in total. The maximum atomic E-state index is 2.90. The Morgan fingerprint density at radius 1 is 0.462 bits per heavy atom. The zero-order valence-corrected chi connectivity index (χ0v) is 19.5. The molecule has 0 aromatic heterocycles. The van der Waals surface area contributed by atoms with Crippen molar-refractivity contribution in [3.05, 3.63) is 121 Å². The minimum atomic E-state index is 0. The van der Waals surface area contributed by atoms with Gasteiger partial charge in [0.15, 0.2) is 0 Å². The monoisotopic (exact) mass is 562 g/mol. The summed E-state index contributed by atoms with van der Waals surface area (Å²) in [7, 11) is 0. The van der Waals surface area contributed by atoms with Gasteiger partial charge in [-0.1, -0.05) is 0 Å². The Kier molecular flexibility index (Phi) is 21.6. The standard InChI is InChI=1S/2C6H5Se.2C5H5.2Co/c2*7-6-4-2-1-3-5-6;2*1-2-4-5-3-1;;/h2*1-5H;2*1-5H;;/q;;-5;-1;;. The zero-order chi connectivity index (χ0) is 17.3. The number of benzene rings is 2. The summed E-state index contributed by atoms with van der Waals surface area (Å²) < 4.78 is 2.39. The summed E-state index contributed by atoms with van der Waals surface area (Å²) in [4.78, 5) is 0. The molecule has 26 heavy (non-hydrogen) atoms. The summed E-state index contributed by atoms with van der Waals surface area (Å²) in [5, 5.41) is 0. The van der Waals surface area contributed by atoms with Crippen LogP contribution in [0.3, 0.4) is 0 Å². The summed E-state index contributed by atoms with van der Waals surface area (Å²) in [5.41, 5.74) is 0. The van der Waals surface area contributed by atoms with Crippen molar-refractivity contribution in [1.29, 1.82) is 0 Å². The summed E-state index contributed by atoms with van der Waals surface area (Å²) in [5.74, 6) is 0. The van der Waals surface area contributed by atoms with E-state index < -0.39 is 0 Å². The molecule has 0 aliphatic heterocycles. The van der Waals surface area contributed by atoms with Crippen molar-refractivity contribution in [3.8, 4) is 0 Å². The third-order valence-electron chi connectivity index (χ3n) is 2.60. The molecule has 0 amide bonds. The largest absolute Gasteiger partial charge is 0.748 e. The Bertz CT molecular complexity index is 581. The van der Waals surface area contributed by atoms with E-state index in [0.29, 0.717) is 0 Å². The van der Waals surface area contributed by atoms with Gasteiger partial charge in [0.2, 0.25) is 0 Å². The van der Waals surface area contributed by atoms with Gasteiger partial charge in [0, 0.05) is 33.6 Å². The van der Waals surface area contributed by atoms with Gasteiger partial charge in [0.25, 0.3) is 0 Å². The Labute approximate surface area is 194 Å². The number of hydrogen-bond acceptors (Lipinski definition) is 0. The second-order valence-electron chi connectivity index (χ2n) is 4.55. The molecule has 0 fully saturated rings. The number of rotatable bonds is 0. The van der Waals surface area contributed by atoms with E-state index in [4.69, 9.17) is 0 Å². The summed E-state index contributed by atoms with van der Waals surface area (Å²) >= 11 is 5.80. The molecule has 0 heterocycles.